The molecule has 1 N–H and O–H groups in total. The summed E-state index contributed by atoms with van der Waals surface area (Å²) in [4.78, 5) is 36.3. The zero-order chi connectivity index (χ0) is 19.9. The van der Waals surface area contributed by atoms with Gasteiger partial charge in [0.1, 0.15) is 5.69 Å². The molecule has 1 aliphatic heterocycles. The maximum Gasteiger partial charge on any atom is 0.287 e. The van der Waals surface area contributed by atoms with Crippen LogP contribution in [0.4, 0.5) is 0 Å². The Labute approximate surface area is 166 Å². The van der Waals surface area contributed by atoms with Crippen LogP contribution in [0.1, 0.15) is 71.9 Å². The highest BCUT2D eigenvalue weighted by molar-refractivity contribution is 5.97. The predicted octanol–water partition coefficient (Wildman–Crippen LogP) is 2.81. The van der Waals surface area contributed by atoms with E-state index in [4.69, 9.17) is 0 Å². The molecular weight excluding hydrogens is 354 g/mol. The van der Waals surface area contributed by atoms with Crippen LogP contribution in [0.15, 0.2) is 24.5 Å². The summed E-state index contributed by atoms with van der Waals surface area (Å²) < 4.78 is 1.94. The van der Waals surface area contributed by atoms with Gasteiger partial charge in [-0.1, -0.05) is 13.8 Å². The number of nitrogens with one attached hydrogen (secondary N) is 1. The molecule has 0 saturated heterocycles. The van der Waals surface area contributed by atoms with Gasteiger partial charge < -0.3 is 14.8 Å². The third-order valence-electron chi connectivity index (χ3n) is 5.00. The van der Waals surface area contributed by atoms with Crippen molar-refractivity contribution in [2.75, 3.05) is 13.1 Å². The van der Waals surface area contributed by atoms with E-state index in [2.05, 4.69) is 29.1 Å². The van der Waals surface area contributed by atoms with E-state index in [1.807, 2.05) is 21.6 Å². The maximum absolute atomic E-state index is 13.1. The quantitative estimate of drug-likeness (QED) is 0.760. The minimum absolute atomic E-state index is 0.0532. The van der Waals surface area contributed by atoms with Crippen LogP contribution in [0, 0.1) is 0 Å². The third kappa shape index (κ3) is 4.40. The lowest BCUT2D eigenvalue weighted by Gasteiger charge is -2.22. The third-order valence-corrected chi connectivity index (χ3v) is 5.00. The number of carbonyl (C=O) groups excluding carboxylic acids is 2. The van der Waals surface area contributed by atoms with Crippen LogP contribution < -0.4 is 5.32 Å². The number of pyridine rings is 1. The molecule has 0 spiro atoms. The van der Waals surface area contributed by atoms with E-state index < -0.39 is 0 Å². The molecule has 3 heterocycles. The van der Waals surface area contributed by atoms with E-state index in [1.165, 1.54) is 0 Å². The van der Waals surface area contributed by atoms with Gasteiger partial charge in [0.15, 0.2) is 5.82 Å². The molecular formula is C21H29N5O2. The fourth-order valence-corrected chi connectivity index (χ4v) is 3.65. The second-order valence-corrected chi connectivity index (χ2v) is 7.17. The average molecular weight is 383 g/mol. The van der Waals surface area contributed by atoms with Crippen LogP contribution in [0.2, 0.25) is 0 Å². The molecule has 0 aromatic carbocycles. The fourth-order valence-electron chi connectivity index (χ4n) is 3.65. The van der Waals surface area contributed by atoms with E-state index in [1.54, 1.807) is 12.4 Å². The summed E-state index contributed by atoms with van der Waals surface area (Å²) in [6.07, 6.45) is 8.01. The lowest BCUT2D eigenvalue weighted by atomic mass is 10.1. The molecule has 0 aliphatic carbocycles. The van der Waals surface area contributed by atoms with Crippen LogP contribution in [-0.4, -0.2) is 44.3 Å². The van der Waals surface area contributed by atoms with Crippen molar-refractivity contribution in [2.24, 2.45) is 0 Å². The van der Waals surface area contributed by atoms with E-state index in [9.17, 15) is 9.59 Å². The van der Waals surface area contributed by atoms with Crippen LogP contribution in [-0.2, 0) is 19.5 Å². The summed E-state index contributed by atoms with van der Waals surface area (Å²) in [5.41, 5.74) is 2.33. The molecule has 0 bridgehead atoms. The second kappa shape index (κ2) is 9.48. The van der Waals surface area contributed by atoms with Crippen molar-refractivity contribution in [2.45, 2.75) is 59.0 Å². The van der Waals surface area contributed by atoms with Gasteiger partial charge in [-0.3, -0.25) is 14.6 Å². The zero-order valence-electron chi connectivity index (χ0n) is 16.8. The summed E-state index contributed by atoms with van der Waals surface area (Å²) in [5.74, 6) is 0.0548. The minimum atomic E-state index is -0.239. The number of hydrogen-bond acceptors (Lipinski definition) is 4. The van der Waals surface area contributed by atoms with Gasteiger partial charge in [-0.05, 0) is 49.8 Å². The van der Waals surface area contributed by atoms with Gasteiger partial charge in [-0.2, -0.15) is 0 Å². The number of carbonyl (C=O) groups is 2. The standard InChI is InChI=1S/C21H29N5O2/c1-3-12-25(13-4-2)21(28)18-17-7-5-6-14-26(17)19(24-18)20(27)23-15-16-8-10-22-11-9-16/h8-11H,3-7,12-15H2,1-2H3,(H,23,27). The first-order valence-corrected chi connectivity index (χ1v) is 10.2. The predicted molar refractivity (Wildman–Crippen MR) is 107 cm³/mol. The summed E-state index contributed by atoms with van der Waals surface area (Å²) in [5, 5.41) is 2.92. The smallest absolute Gasteiger partial charge is 0.287 e. The second-order valence-electron chi connectivity index (χ2n) is 7.17. The molecule has 2 aromatic rings. The van der Waals surface area contributed by atoms with Crippen molar-refractivity contribution in [3.05, 3.63) is 47.3 Å². The lowest BCUT2D eigenvalue weighted by molar-refractivity contribution is 0.0748. The molecule has 7 nitrogen and oxygen atoms in total. The van der Waals surface area contributed by atoms with Crippen molar-refractivity contribution < 1.29 is 9.59 Å². The normalized spacial score (nSPS) is 13.1. The van der Waals surface area contributed by atoms with Crippen molar-refractivity contribution in [3.63, 3.8) is 0 Å². The first-order valence-electron chi connectivity index (χ1n) is 10.2. The van der Waals surface area contributed by atoms with Gasteiger partial charge in [0.05, 0.1) is 5.69 Å². The molecule has 0 radical (unpaired) electrons. The van der Waals surface area contributed by atoms with Crippen molar-refractivity contribution in [1.82, 2.24) is 24.8 Å². The summed E-state index contributed by atoms with van der Waals surface area (Å²) in [6, 6.07) is 3.73. The number of imidazole rings is 1. The van der Waals surface area contributed by atoms with Crippen molar-refractivity contribution in [1.29, 1.82) is 0 Å². The average Bonchev–Trinajstić information content (AvgIpc) is 3.12. The maximum atomic E-state index is 13.1. The zero-order valence-corrected chi connectivity index (χ0v) is 16.8. The molecule has 28 heavy (non-hydrogen) atoms. The van der Waals surface area contributed by atoms with Crippen LogP contribution >= 0.6 is 0 Å². The Kier molecular flexibility index (Phi) is 6.79. The Bertz CT molecular complexity index is 810. The number of fused-ring (bicyclic) bond motifs is 1. The largest absolute Gasteiger partial charge is 0.345 e. The molecule has 0 unspecified atom stereocenters. The van der Waals surface area contributed by atoms with Crippen molar-refractivity contribution >= 4 is 11.8 Å². The molecule has 0 fully saturated rings. The van der Waals surface area contributed by atoms with E-state index in [0.29, 0.717) is 31.2 Å². The number of aromatic nitrogens is 3. The molecule has 1 aliphatic rings. The van der Waals surface area contributed by atoms with Gasteiger partial charge >= 0.3 is 0 Å². The van der Waals surface area contributed by atoms with Gasteiger partial charge in [0.25, 0.3) is 11.8 Å². The fraction of sp³-hybridized carbons (Fsp3) is 0.524. The Morgan fingerprint density at radius 1 is 1.14 bits per heavy atom. The highest BCUT2D eigenvalue weighted by Gasteiger charge is 2.29. The number of nitrogens with zero attached hydrogens (tertiary/aromatic N) is 4. The first-order chi connectivity index (χ1) is 13.7. The van der Waals surface area contributed by atoms with E-state index in [-0.39, 0.29) is 11.8 Å². The Morgan fingerprint density at radius 2 is 1.86 bits per heavy atom. The molecule has 0 saturated carbocycles. The lowest BCUT2D eigenvalue weighted by Crippen LogP contribution is -2.33. The number of hydrogen-bond donors (Lipinski definition) is 1. The van der Waals surface area contributed by atoms with E-state index in [0.717, 1.165) is 49.9 Å². The van der Waals surface area contributed by atoms with Gasteiger partial charge in [-0.15, -0.1) is 0 Å². The minimum Gasteiger partial charge on any atom is -0.345 e. The molecule has 3 rings (SSSR count). The van der Waals surface area contributed by atoms with Crippen LogP contribution in [0.25, 0.3) is 0 Å². The molecule has 2 amide bonds. The Balaban J connectivity index is 1.84. The highest BCUT2D eigenvalue weighted by Crippen LogP contribution is 2.22. The summed E-state index contributed by atoms with van der Waals surface area (Å²) in [6.45, 7) is 6.69. The topological polar surface area (TPSA) is 80.1 Å². The monoisotopic (exact) mass is 383 g/mol. The molecule has 7 heteroatoms. The Hall–Kier alpha value is -2.70. The number of amides is 2. The highest BCUT2D eigenvalue weighted by atomic mass is 16.2. The van der Waals surface area contributed by atoms with Crippen LogP contribution in [0.3, 0.4) is 0 Å². The van der Waals surface area contributed by atoms with Crippen LogP contribution in [0.5, 0.6) is 0 Å². The van der Waals surface area contributed by atoms with E-state index >= 15 is 0 Å². The molecule has 0 atom stereocenters. The summed E-state index contributed by atoms with van der Waals surface area (Å²) in [7, 11) is 0. The molecule has 150 valence electrons. The van der Waals surface area contributed by atoms with Gasteiger partial charge in [0, 0.05) is 38.6 Å². The van der Waals surface area contributed by atoms with Gasteiger partial charge in [-0.25, -0.2) is 4.98 Å². The molecule has 2 aromatic heterocycles. The van der Waals surface area contributed by atoms with Gasteiger partial charge in [0.2, 0.25) is 0 Å². The SMILES string of the molecule is CCCN(CCC)C(=O)c1nc(C(=O)NCc2ccncc2)n2c1CCCC2. The number of rotatable bonds is 8. The first kappa shape index (κ1) is 20.0. The Morgan fingerprint density at radius 3 is 2.54 bits per heavy atom. The van der Waals surface area contributed by atoms with Crippen molar-refractivity contribution in [3.8, 4) is 0 Å². The summed E-state index contributed by atoms with van der Waals surface area (Å²) >= 11 is 0.